The van der Waals surface area contributed by atoms with Crippen LogP contribution in [0.1, 0.15) is 28.4 Å². The fraction of sp³-hybridized carbons (Fsp3) is 0.176. The summed E-state index contributed by atoms with van der Waals surface area (Å²) in [5.41, 5.74) is 2.83. The zero-order valence-electron chi connectivity index (χ0n) is 12.3. The number of carbonyl (C=O) groups excluding carboxylic acids is 1. The van der Waals surface area contributed by atoms with Crippen molar-refractivity contribution in [3.63, 3.8) is 0 Å². The molecule has 0 spiro atoms. The first-order valence-electron chi connectivity index (χ1n) is 6.58. The van der Waals surface area contributed by atoms with Crippen LogP contribution in [0.5, 0.6) is 5.75 Å². The number of ether oxygens (including phenoxy) is 1. The van der Waals surface area contributed by atoms with Gasteiger partial charge in [-0.25, -0.2) is 4.79 Å². The summed E-state index contributed by atoms with van der Waals surface area (Å²) in [5.74, 6) is 0.0946. The van der Waals surface area contributed by atoms with E-state index in [9.17, 15) is 4.79 Å². The Hall–Kier alpha value is -2.62. The Balaban J connectivity index is 2.35. The minimum absolute atomic E-state index is 0.415. The van der Waals surface area contributed by atoms with E-state index in [1.807, 2.05) is 37.3 Å². The molecule has 4 heteroatoms. The number of hydrogen-bond acceptors (Lipinski definition) is 4. The lowest BCUT2D eigenvalue weighted by Crippen LogP contribution is -2.14. The molecule has 2 rings (SSSR count). The average molecular weight is 283 g/mol. The van der Waals surface area contributed by atoms with E-state index in [1.165, 1.54) is 7.11 Å². The van der Waals surface area contributed by atoms with Crippen LogP contribution in [0.2, 0.25) is 0 Å². The molecule has 0 amide bonds. The third-order valence-electron chi connectivity index (χ3n) is 2.97. The van der Waals surface area contributed by atoms with E-state index in [2.05, 4.69) is 5.16 Å². The average Bonchev–Trinajstić information content (AvgIpc) is 2.48. The highest BCUT2D eigenvalue weighted by Gasteiger charge is 2.16. The van der Waals surface area contributed by atoms with E-state index in [4.69, 9.17) is 9.57 Å². The molecule has 0 atom stereocenters. The quantitative estimate of drug-likeness (QED) is 0.373. The van der Waals surface area contributed by atoms with Gasteiger partial charge in [0.25, 0.3) is 0 Å². The fourth-order valence-electron chi connectivity index (χ4n) is 1.97. The van der Waals surface area contributed by atoms with E-state index < -0.39 is 5.97 Å². The zero-order valence-corrected chi connectivity index (χ0v) is 12.3. The van der Waals surface area contributed by atoms with Gasteiger partial charge in [-0.15, -0.1) is 0 Å². The van der Waals surface area contributed by atoms with Gasteiger partial charge in [0.1, 0.15) is 12.9 Å². The minimum Gasteiger partial charge on any atom is -0.423 e. The number of rotatable bonds is 4. The molecule has 0 aliphatic rings. The number of para-hydroxylation sites is 1. The lowest BCUT2D eigenvalue weighted by Gasteiger charge is -2.10. The smallest absolute Gasteiger partial charge is 0.344 e. The summed E-state index contributed by atoms with van der Waals surface area (Å²) in [6.45, 7) is 3.74. The van der Waals surface area contributed by atoms with Crippen LogP contribution in [0.25, 0.3) is 0 Å². The van der Waals surface area contributed by atoms with Gasteiger partial charge in [-0.2, -0.15) is 0 Å². The van der Waals surface area contributed by atoms with Crippen molar-refractivity contribution in [1.29, 1.82) is 0 Å². The molecule has 21 heavy (non-hydrogen) atoms. The second kappa shape index (κ2) is 6.70. The van der Waals surface area contributed by atoms with E-state index in [1.54, 1.807) is 25.1 Å². The molecule has 0 bridgehead atoms. The molecule has 0 heterocycles. The fourth-order valence-corrected chi connectivity index (χ4v) is 1.97. The topological polar surface area (TPSA) is 47.9 Å². The van der Waals surface area contributed by atoms with Crippen LogP contribution < -0.4 is 4.74 Å². The van der Waals surface area contributed by atoms with Gasteiger partial charge in [-0.3, -0.25) is 0 Å². The summed E-state index contributed by atoms with van der Waals surface area (Å²) >= 11 is 0. The number of esters is 1. The van der Waals surface area contributed by atoms with Crippen LogP contribution in [-0.4, -0.2) is 18.8 Å². The molecule has 0 saturated heterocycles. The normalized spacial score (nSPS) is 11.1. The Bertz CT molecular complexity index is 663. The van der Waals surface area contributed by atoms with E-state index in [0.717, 1.165) is 5.56 Å². The van der Waals surface area contributed by atoms with Gasteiger partial charge in [0.05, 0.1) is 11.3 Å². The molecule has 108 valence electrons. The third kappa shape index (κ3) is 3.69. The maximum Gasteiger partial charge on any atom is 0.344 e. The van der Waals surface area contributed by atoms with E-state index in [-0.39, 0.29) is 0 Å². The number of benzene rings is 2. The molecule has 0 aromatic heterocycles. The lowest BCUT2D eigenvalue weighted by molar-refractivity contribution is 0.0734. The Morgan fingerprint density at radius 3 is 2.43 bits per heavy atom. The lowest BCUT2D eigenvalue weighted by atomic mass is 10.0. The second-order valence-corrected chi connectivity index (χ2v) is 4.61. The number of nitrogens with zero attached hydrogens (tertiary/aromatic N) is 1. The van der Waals surface area contributed by atoms with Crippen molar-refractivity contribution < 1.29 is 14.4 Å². The van der Waals surface area contributed by atoms with Crippen LogP contribution in [0.15, 0.2) is 53.7 Å². The predicted molar refractivity (Wildman–Crippen MR) is 81.8 cm³/mol. The standard InChI is InChI=1S/C17H17NO3/c1-12-9-10-15(16(11-12)13(2)18-20-3)17(19)21-14-7-5-4-6-8-14/h4-11H,1-3H3/b18-13+. The van der Waals surface area contributed by atoms with Crippen molar-refractivity contribution in [2.45, 2.75) is 13.8 Å². The van der Waals surface area contributed by atoms with Crippen LogP contribution in [0.3, 0.4) is 0 Å². The number of oxime groups is 1. The van der Waals surface area contributed by atoms with Crippen LogP contribution >= 0.6 is 0 Å². The third-order valence-corrected chi connectivity index (χ3v) is 2.97. The molecule has 0 aliphatic carbocycles. The molecule has 0 N–H and O–H groups in total. The SMILES string of the molecule is CO/N=C(\C)c1cc(C)ccc1C(=O)Oc1ccccc1. The largest absolute Gasteiger partial charge is 0.423 e. The van der Waals surface area contributed by atoms with Crippen molar-refractivity contribution in [2.24, 2.45) is 5.16 Å². The molecule has 2 aromatic carbocycles. The Morgan fingerprint density at radius 2 is 1.76 bits per heavy atom. The molecule has 0 saturated carbocycles. The second-order valence-electron chi connectivity index (χ2n) is 4.61. The molecular weight excluding hydrogens is 266 g/mol. The summed E-state index contributed by atoms with van der Waals surface area (Å²) in [5, 5.41) is 3.89. The summed E-state index contributed by atoms with van der Waals surface area (Å²) in [4.78, 5) is 17.1. The monoisotopic (exact) mass is 283 g/mol. The minimum atomic E-state index is -0.415. The molecule has 0 radical (unpaired) electrons. The van der Waals surface area contributed by atoms with Crippen molar-refractivity contribution in [2.75, 3.05) is 7.11 Å². The van der Waals surface area contributed by atoms with Crippen LogP contribution in [0.4, 0.5) is 0 Å². The first-order chi connectivity index (χ1) is 10.1. The van der Waals surface area contributed by atoms with Crippen molar-refractivity contribution in [3.05, 3.63) is 65.2 Å². The molecule has 0 aliphatic heterocycles. The number of carbonyl (C=O) groups is 1. The van der Waals surface area contributed by atoms with Gasteiger partial charge in [0.15, 0.2) is 0 Å². The highest BCUT2D eigenvalue weighted by molar-refractivity contribution is 6.08. The van der Waals surface area contributed by atoms with E-state index in [0.29, 0.717) is 22.6 Å². The Kier molecular flexibility index (Phi) is 4.72. The first kappa shape index (κ1) is 14.8. The van der Waals surface area contributed by atoms with Gasteiger partial charge in [-0.05, 0) is 38.1 Å². The van der Waals surface area contributed by atoms with Gasteiger partial charge >= 0.3 is 5.97 Å². The summed E-state index contributed by atoms with van der Waals surface area (Å²) in [6.07, 6.45) is 0. The van der Waals surface area contributed by atoms with E-state index >= 15 is 0 Å². The maximum absolute atomic E-state index is 12.3. The number of aryl methyl sites for hydroxylation is 1. The molecule has 0 fully saturated rings. The molecular formula is C17H17NO3. The van der Waals surface area contributed by atoms with Crippen LogP contribution in [0, 0.1) is 6.92 Å². The Morgan fingerprint density at radius 1 is 1.05 bits per heavy atom. The zero-order chi connectivity index (χ0) is 15.2. The molecule has 4 nitrogen and oxygen atoms in total. The number of hydrogen-bond donors (Lipinski definition) is 0. The first-order valence-corrected chi connectivity index (χ1v) is 6.58. The summed E-state index contributed by atoms with van der Waals surface area (Å²) in [7, 11) is 1.47. The highest BCUT2D eigenvalue weighted by atomic mass is 16.6. The summed E-state index contributed by atoms with van der Waals surface area (Å²) in [6, 6.07) is 14.5. The van der Waals surface area contributed by atoms with Crippen molar-refractivity contribution in [1.82, 2.24) is 0 Å². The van der Waals surface area contributed by atoms with Crippen LogP contribution in [-0.2, 0) is 4.84 Å². The van der Waals surface area contributed by atoms with Crippen molar-refractivity contribution >= 4 is 11.7 Å². The Labute approximate surface area is 124 Å². The van der Waals surface area contributed by atoms with Gasteiger partial charge in [-0.1, -0.05) is 35.0 Å². The van der Waals surface area contributed by atoms with Gasteiger partial charge in [0, 0.05) is 5.56 Å². The van der Waals surface area contributed by atoms with Crippen molar-refractivity contribution in [3.8, 4) is 5.75 Å². The molecule has 0 unspecified atom stereocenters. The maximum atomic E-state index is 12.3. The molecule has 2 aromatic rings. The highest BCUT2D eigenvalue weighted by Crippen LogP contribution is 2.17. The van der Waals surface area contributed by atoms with Gasteiger partial charge < -0.3 is 9.57 Å². The van der Waals surface area contributed by atoms with Gasteiger partial charge in [0.2, 0.25) is 0 Å². The predicted octanol–water partition coefficient (Wildman–Crippen LogP) is 3.58. The summed E-state index contributed by atoms with van der Waals surface area (Å²) < 4.78 is 5.37.